The Morgan fingerprint density at radius 2 is 1.74 bits per heavy atom. The molecule has 1 fully saturated rings. The summed E-state index contributed by atoms with van der Waals surface area (Å²) in [5.74, 6) is -0.739. The number of nitrogens with zero attached hydrogens (tertiary/aromatic N) is 2. The summed E-state index contributed by atoms with van der Waals surface area (Å²) < 4.78 is 25.4. The molecule has 2 aromatic rings. The van der Waals surface area contributed by atoms with Gasteiger partial charge in [0, 0.05) is 25.2 Å². The van der Waals surface area contributed by atoms with Crippen molar-refractivity contribution < 1.29 is 22.8 Å². The lowest BCUT2D eigenvalue weighted by Crippen LogP contribution is -2.31. The Labute approximate surface area is 180 Å². The van der Waals surface area contributed by atoms with Gasteiger partial charge in [0.05, 0.1) is 22.6 Å². The van der Waals surface area contributed by atoms with Gasteiger partial charge in [0.15, 0.2) is 0 Å². The summed E-state index contributed by atoms with van der Waals surface area (Å²) in [5.41, 5.74) is 2.86. The number of benzene rings is 2. The number of amides is 3. The van der Waals surface area contributed by atoms with Gasteiger partial charge in [-0.15, -0.1) is 0 Å². The average molecular weight is 442 g/mol. The van der Waals surface area contributed by atoms with Crippen LogP contribution < -0.4 is 9.62 Å². The fourth-order valence-corrected chi connectivity index (χ4v) is 5.43. The highest BCUT2D eigenvalue weighted by Crippen LogP contribution is 2.26. The molecule has 1 N–H and O–H groups in total. The van der Waals surface area contributed by atoms with Crippen LogP contribution in [-0.4, -0.2) is 49.9 Å². The molecule has 0 spiro atoms. The molecule has 31 heavy (non-hydrogen) atoms. The minimum Gasteiger partial charge on any atom is -0.326 e. The predicted octanol–water partition coefficient (Wildman–Crippen LogP) is 2.55. The Balaban J connectivity index is 1.29. The SMILES string of the molecule is Cc1ccc2c(c1)C(=O)N(CCCC(=O)Nc1ccc(N3CCCS3(=O)=O)cc1)C2=O. The summed E-state index contributed by atoms with van der Waals surface area (Å²) in [6.45, 7) is 2.50. The Hall–Kier alpha value is -3.20. The zero-order chi connectivity index (χ0) is 22.2. The van der Waals surface area contributed by atoms with E-state index in [2.05, 4.69) is 5.32 Å². The predicted molar refractivity (Wildman–Crippen MR) is 117 cm³/mol. The van der Waals surface area contributed by atoms with Crippen LogP contribution in [0.15, 0.2) is 42.5 Å². The van der Waals surface area contributed by atoms with E-state index in [1.165, 1.54) is 9.21 Å². The van der Waals surface area contributed by atoms with Gasteiger partial charge < -0.3 is 5.32 Å². The molecule has 2 aliphatic rings. The van der Waals surface area contributed by atoms with Crippen LogP contribution in [0.1, 0.15) is 45.5 Å². The zero-order valence-electron chi connectivity index (χ0n) is 17.1. The van der Waals surface area contributed by atoms with Crippen LogP contribution in [0.25, 0.3) is 0 Å². The van der Waals surface area contributed by atoms with Gasteiger partial charge in [0.1, 0.15) is 0 Å². The van der Waals surface area contributed by atoms with E-state index in [0.717, 1.165) is 5.56 Å². The minimum absolute atomic E-state index is 0.148. The summed E-state index contributed by atoms with van der Waals surface area (Å²) in [6, 6.07) is 11.8. The number of imide groups is 1. The van der Waals surface area contributed by atoms with E-state index in [1.54, 1.807) is 42.5 Å². The third-order valence-electron chi connectivity index (χ3n) is 5.45. The van der Waals surface area contributed by atoms with Crippen molar-refractivity contribution in [2.75, 3.05) is 28.5 Å². The van der Waals surface area contributed by atoms with E-state index in [-0.39, 0.29) is 36.4 Å². The molecular weight excluding hydrogens is 418 g/mol. The maximum absolute atomic E-state index is 12.5. The van der Waals surface area contributed by atoms with Crippen LogP contribution in [0.3, 0.4) is 0 Å². The molecule has 9 heteroatoms. The van der Waals surface area contributed by atoms with Crippen molar-refractivity contribution in [2.24, 2.45) is 0 Å². The van der Waals surface area contributed by atoms with Crippen LogP contribution >= 0.6 is 0 Å². The van der Waals surface area contributed by atoms with Crippen LogP contribution in [0.4, 0.5) is 11.4 Å². The largest absolute Gasteiger partial charge is 0.326 e. The lowest BCUT2D eigenvalue weighted by Gasteiger charge is -2.17. The van der Waals surface area contributed by atoms with Crippen LogP contribution in [0, 0.1) is 6.92 Å². The van der Waals surface area contributed by atoms with E-state index < -0.39 is 10.0 Å². The molecule has 3 amide bonds. The second-order valence-corrected chi connectivity index (χ2v) is 9.76. The molecule has 162 valence electrons. The molecule has 8 nitrogen and oxygen atoms in total. The van der Waals surface area contributed by atoms with Crippen LogP contribution in [-0.2, 0) is 14.8 Å². The normalized spacial score (nSPS) is 17.2. The average Bonchev–Trinajstić information content (AvgIpc) is 3.20. The number of sulfonamides is 1. The number of hydrogen-bond acceptors (Lipinski definition) is 5. The Kier molecular flexibility index (Phi) is 5.53. The van der Waals surface area contributed by atoms with Gasteiger partial charge in [-0.3, -0.25) is 23.6 Å². The molecule has 2 aliphatic heterocycles. The van der Waals surface area contributed by atoms with E-state index in [0.29, 0.717) is 41.9 Å². The monoisotopic (exact) mass is 441 g/mol. The Bertz CT molecular complexity index is 1160. The number of fused-ring (bicyclic) bond motifs is 1. The summed E-state index contributed by atoms with van der Waals surface area (Å²) in [4.78, 5) is 38.3. The number of rotatable bonds is 6. The van der Waals surface area contributed by atoms with E-state index in [9.17, 15) is 22.8 Å². The number of hydrogen-bond donors (Lipinski definition) is 1. The summed E-state index contributed by atoms with van der Waals surface area (Å²) in [7, 11) is -3.24. The van der Waals surface area contributed by atoms with Crippen molar-refractivity contribution in [1.29, 1.82) is 0 Å². The van der Waals surface area contributed by atoms with E-state index >= 15 is 0 Å². The van der Waals surface area contributed by atoms with Crippen molar-refractivity contribution >= 4 is 39.1 Å². The fourth-order valence-electron chi connectivity index (χ4n) is 3.87. The minimum atomic E-state index is -3.24. The number of carbonyl (C=O) groups is 3. The number of nitrogens with one attached hydrogen (secondary N) is 1. The first-order chi connectivity index (χ1) is 14.8. The highest BCUT2D eigenvalue weighted by Gasteiger charge is 2.35. The molecule has 1 saturated heterocycles. The standard InChI is InChI=1S/C22H23N3O5S/c1-15-5-10-18-19(14-15)22(28)24(21(18)27)11-2-4-20(26)23-16-6-8-17(9-7-16)25-12-3-13-31(25,29)30/h5-10,14H,2-4,11-13H2,1H3,(H,23,26). The molecule has 2 aromatic carbocycles. The van der Waals surface area contributed by atoms with Gasteiger partial charge in [-0.05, 0) is 56.2 Å². The molecule has 0 bridgehead atoms. The molecule has 4 rings (SSSR count). The van der Waals surface area contributed by atoms with Gasteiger partial charge in [-0.2, -0.15) is 0 Å². The Morgan fingerprint density at radius 3 is 2.42 bits per heavy atom. The molecule has 0 atom stereocenters. The summed E-state index contributed by atoms with van der Waals surface area (Å²) in [5, 5.41) is 2.76. The van der Waals surface area contributed by atoms with Gasteiger partial charge in [0.25, 0.3) is 11.8 Å². The second-order valence-electron chi connectivity index (χ2n) is 7.75. The number of carbonyl (C=O) groups excluding carboxylic acids is 3. The highest BCUT2D eigenvalue weighted by molar-refractivity contribution is 7.93. The maximum Gasteiger partial charge on any atom is 0.261 e. The molecule has 0 aromatic heterocycles. The Morgan fingerprint density at radius 1 is 1.03 bits per heavy atom. The summed E-state index contributed by atoms with van der Waals surface area (Å²) in [6.07, 6.45) is 1.10. The highest BCUT2D eigenvalue weighted by atomic mass is 32.2. The van der Waals surface area contributed by atoms with Gasteiger partial charge in [-0.1, -0.05) is 11.6 Å². The van der Waals surface area contributed by atoms with Gasteiger partial charge >= 0.3 is 0 Å². The number of anilines is 2. The molecule has 0 saturated carbocycles. The lowest BCUT2D eigenvalue weighted by molar-refractivity contribution is -0.116. The van der Waals surface area contributed by atoms with Crippen molar-refractivity contribution in [3.8, 4) is 0 Å². The number of aryl methyl sites for hydroxylation is 1. The van der Waals surface area contributed by atoms with Gasteiger partial charge in [0.2, 0.25) is 15.9 Å². The van der Waals surface area contributed by atoms with Crippen molar-refractivity contribution in [1.82, 2.24) is 4.90 Å². The van der Waals surface area contributed by atoms with E-state index in [1.807, 2.05) is 6.92 Å². The molecule has 2 heterocycles. The molecule has 0 radical (unpaired) electrons. The van der Waals surface area contributed by atoms with Crippen molar-refractivity contribution in [3.63, 3.8) is 0 Å². The third-order valence-corrected chi connectivity index (χ3v) is 7.32. The fraction of sp³-hybridized carbons (Fsp3) is 0.318. The van der Waals surface area contributed by atoms with Crippen LogP contribution in [0.2, 0.25) is 0 Å². The molecule has 0 unspecified atom stereocenters. The van der Waals surface area contributed by atoms with Crippen molar-refractivity contribution in [2.45, 2.75) is 26.2 Å². The molecule has 0 aliphatic carbocycles. The first kappa shape index (κ1) is 21.0. The topological polar surface area (TPSA) is 104 Å². The van der Waals surface area contributed by atoms with E-state index in [4.69, 9.17) is 0 Å². The van der Waals surface area contributed by atoms with Crippen LogP contribution in [0.5, 0.6) is 0 Å². The van der Waals surface area contributed by atoms with Crippen molar-refractivity contribution in [3.05, 3.63) is 59.2 Å². The summed E-state index contributed by atoms with van der Waals surface area (Å²) >= 11 is 0. The quantitative estimate of drug-likeness (QED) is 0.694. The first-order valence-corrected chi connectivity index (χ1v) is 11.7. The van der Waals surface area contributed by atoms with Gasteiger partial charge in [-0.25, -0.2) is 8.42 Å². The third kappa shape index (κ3) is 4.18. The first-order valence-electron chi connectivity index (χ1n) is 10.1. The maximum atomic E-state index is 12.5. The smallest absolute Gasteiger partial charge is 0.261 e. The zero-order valence-corrected chi connectivity index (χ0v) is 17.9. The lowest BCUT2D eigenvalue weighted by atomic mass is 10.1. The molecular formula is C22H23N3O5S. The second kappa shape index (κ2) is 8.14.